The molecule has 1 saturated heterocycles. The van der Waals surface area contributed by atoms with Crippen LogP contribution in [-0.2, 0) is 9.59 Å². The van der Waals surface area contributed by atoms with Crippen molar-refractivity contribution in [3.63, 3.8) is 0 Å². The number of benzene rings is 1. The first-order valence-corrected chi connectivity index (χ1v) is 7.83. The number of anilines is 1. The number of nitrogens with one attached hydrogen (secondary N) is 1. The molecule has 108 valence electrons. The van der Waals surface area contributed by atoms with Crippen molar-refractivity contribution in [1.29, 1.82) is 0 Å². The number of amides is 2. The van der Waals surface area contributed by atoms with Crippen molar-refractivity contribution < 1.29 is 9.59 Å². The average molecular weight is 405 g/mol. The van der Waals surface area contributed by atoms with E-state index in [1.165, 1.54) is 0 Å². The van der Waals surface area contributed by atoms with Gasteiger partial charge in [-0.25, -0.2) is 0 Å². The Morgan fingerprint density at radius 3 is 2.55 bits per heavy atom. The lowest BCUT2D eigenvalue weighted by Gasteiger charge is -2.31. The van der Waals surface area contributed by atoms with Crippen molar-refractivity contribution in [2.24, 2.45) is 0 Å². The minimum absolute atomic E-state index is 0.0485. The summed E-state index contributed by atoms with van der Waals surface area (Å²) >= 11 is 6.78. The molecule has 1 aromatic rings. The van der Waals surface area contributed by atoms with Crippen LogP contribution in [0.2, 0.25) is 0 Å². The molecule has 0 aliphatic carbocycles. The zero-order valence-corrected chi connectivity index (χ0v) is 14.0. The van der Waals surface area contributed by atoms with Gasteiger partial charge in [0.1, 0.15) is 0 Å². The van der Waals surface area contributed by atoms with Crippen LogP contribution < -0.4 is 5.32 Å². The molecule has 20 heavy (non-hydrogen) atoms. The van der Waals surface area contributed by atoms with Crippen molar-refractivity contribution in [3.8, 4) is 0 Å². The SMILES string of the molecule is O=CN1CCN(CC(=O)Nc2ccc(Br)cc2Br)CC1. The molecule has 0 spiro atoms. The quantitative estimate of drug-likeness (QED) is 0.780. The number of rotatable bonds is 4. The Morgan fingerprint density at radius 2 is 1.95 bits per heavy atom. The van der Waals surface area contributed by atoms with E-state index in [0.29, 0.717) is 19.6 Å². The van der Waals surface area contributed by atoms with E-state index in [1.54, 1.807) is 4.90 Å². The monoisotopic (exact) mass is 403 g/mol. The van der Waals surface area contributed by atoms with Crippen LogP contribution in [0.3, 0.4) is 0 Å². The van der Waals surface area contributed by atoms with E-state index in [2.05, 4.69) is 37.2 Å². The summed E-state index contributed by atoms with van der Waals surface area (Å²) in [6.07, 6.45) is 0.857. The number of hydrogen-bond acceptors (Lipinski definition) is 3. The van der Waals surface area contributed by atoms with Gasteiger partial charge in [-0.3, -0.25) is 14.5 Å². The fourth-order valence-corrected chi connectivity index (χ4v) is 3.16. The second-order valence-corrected chi connectivity index (χ2v) is 6.36. The predicted octanol–water partition coefficient (Wildman–Crippen LogP) is 1.92. The minimum Gasteiger partial charge on any atom is -0.343 e. The lowest BCUT2D eigenvalue weighted by molar-refractivity contribution is -0.120. The largest absolute Gasteiger partial charge is 0.343 e. The number of carbonyl (C=O) groups excluding carboxylic acids is 2. The van der Waals surface area contributed by atoms with Gasteiger partial charge in [-0.15, -0.1) is 0 Å². The van der Waals surface area contributed by atoms with Gasteiger partial charge in [0.25, 0.3) is 0 Å². The smallest absolute Gasteiger partial charge is 0.238 e. The van der Waals surface area contributed by atoms with E-state index in [4.69, 9.17) is 0 Å². The molecule has 1 aliphatic rings. The van der Waals surface area contributed by atoms with E-state index < -0.39 is 0 Å². The highest BCUT2D eigenvalue weighted by molar-refractivity contribution is 9.11. The Hall–Kier alpha value is -0.920. The molecule has 0 unspecified atom stereocenters. The zero-order chi connectivity index (χ0) is 14.5. The molecule has 0 aromatic heterocycles. The summed E-state index contributed by atoms with van der Waals surface area (Å²) in [6.45, 7) is 3.16. The molecular weight excluding hydrogens is 390 g/mol. The Balaban J connectivity index is 1.85. The molecule has 0 saturated carbocycles. The van der Waals surface area contributed by atoms with E-state index in [0.717, 1.165) is 34.1 Å². The first kappa shape index (κ1) is 15.5. The molecule has 0 atom stereocenters. The number of nitrogens with zero attached hydrogens (tertiary/aromatic N) is 2. The highest BCUT2D eigenvalue weighted by Gasteiger charge is 2.18. The first-order chi connectivity index (χ1) is 9.58. The fraction of sp³-hybridized carbons (Fsp3) is 0.385. The number of halogens is 2. The van der Waals surface area contributed by atoms with Crippen LogP contribution in [0.4, 0.5) is 5.69 Å². The van der Waals surface area contributed by atoms with Gasteiger partial charge in [0.2, 0.25) is 12.3 Å². The zero-order valence-electron chi connectivity index (χ0n) is 10.8. The van der Waals surface area contributed by atoms with Gasteiger partial charge in [-0.05, 0) is 34.1 Å². The molecule has 1 aliphatic heterocycles. The maximum Gasteiger partial charge on any atom is 0.238 e. The highest BCUT2D eigenvalue weighted by atomic mass is 79.9. The first-order valence-electron chi connectivity index (χ1n) is 6.25. The highest BCUT2D eigenvalue weighted by Crippen LogP contribution is 2.26. The van der Waals surface area contributed by atoms with Crippen LogP contribution in [-0.4, -0.2) is 54.8 Å². The van der Waals surface area contributed by atoms with Gasteiger partial charge >= 0.3 is 0 Å². The van der Waals surface area contributed by atoms with Crippen molar-refractivity contribution in [1.82, 2.24) is 9.80 Å². The third-order valence-electron chi connectivity index (χ3n) is 3.13. The number of hydrogen-bond donors (Lipinski definition) is 1. The van der Waals surface area contributed by atoms with Gasteiger partial charge < -0.3 is 10.2 Å². The van der Waals surface area contributed by atoms with E-state index >= 15 is 0 Å². The molecule has 1 heterocycles. The summed E-state index contributed by atoms with van der Waals surface area (Å²) in [5.74, 6) is -0.0485. The maximum atomic E-state index is 12.0. The predicted molar refractivity (Wildman–Crippen MR) is 84.5 cm³/mol. The number of piperazine rings is 1. The summed E-state index contributed by atoms with van der Waals surface area (Å²) in [7, 11) is 0. The Morgan fingerprint density at radius 1 is 1.25 bits per heavy atom. The van der Waals surface area contributed by atoms with E-state index in [9.17, 15) is 9.59 Å². The van der Waals surface area contributed by atoms with E-state index in [1.807, 2.05) is 23.1 Å². The second kappa shape index (κ2) is 7.19. The Labute approximate surface area is 134 Å². The molecule has 1 aromatic carbocycles. The molecule has 0 bridgehead atoms. The summed E-state index contributed by atoms with van der Waals surface area (Å²) in [6, 6.07) is 5.61. The maximum absolute atomic E-state index is 12.0. The molecule has 2 rings (SSSR count). The lowest BCUT2D eigenvalue weighted by atomic mass is 10.3. The molecule has 1 N–H and O–H groups in total. The fourth-order valence-electron chi connectivity index (χ4n) is 2.01. The molecule has 1 fully saturated rings. The summed E-state index contributed by atoms with van der Waals surface area (Å²) in [4.78, 5) is 26.4. The second-order valence-electron chi connectivity index (χ2n) is 4.59. The standard InChI is InChI=1S/C13H15Br2N3O2/c14-10-1-2-12(11(15)7-10)16-13(20)8-17-3-5-18(9-19)6-4-17/h1-2,7,9H,3-6,8H2,(H,16,20). The third kappa shape index (κ3) is 4.29. The summed E-state index contributed by atoms with van der Waals surface area (Å²) in [5, 5.41) is 2.88. The van der Waals surface area contributed by atoms with Gasteiger partial charge in [0.15, 0.2) is 0 Å². The van der Waals surface area contributed by atoms with Crippen molar-refractivity contribution in [3.05, 3.63) is 27.1 Å². The summed E-state index contributed by atoms with van der Waals surface area (Å²) in [5.41, 5.74) is 0.754. The number of carbonyl (C=O) groups is 2. The van der Waals surface area contributed by atoms with Gasteiger partial charge in [0, 0.05) is 35.1 Å². The molecule has 7 heteroatoms. The summed E-state index contributed by atoms with van der Waals surface area (Å²) < 4.78 is 1.79. The van der Waals surface area contributed by atoms with Crippen LogP contribution in [0.5, 0.6) is 0 Å². The van der Waals surface area contributed by atoms with Gasteiger partial charge in [-0.2, -0.15) is 0 Å². The molecule has 2 amide bonds. The van der Waals surface area contributed by atoms with Crippen molar-refractivity contribution in [2.45, 2.75) is 0 Å². The van der Waals surface area contributed by atoms with Gasteiger partial charge in [-0.1, -0.05) is 15.9 Å². The van der Waals surface area contributed by atoms with Crippen LogP contribution in [0.15, 0.2) is 27.1 Å². The van der Waals surface area contributed by atoms with E-state index in [-0.39, 0.29) is 5.91 Å². The van der Waals surface area contributed by atoms with Crippen molar-refractivity contribution in [2.75, 3.05) is 38.0 Å². The molecule has 5 nitrogen and oxygen atoms in total. The Bertz CT molecular complexity index is 502. The van der Waals surface area contributed by atoms with Crippen LogP contribution in [0.25, 0.3) is 0 Å². The minimum atomic E-state index is -0.0485. The third-order valence-corrected chi connectivity index (χ3v) is 4.28. The normalized spacial score (nSPS) is 16.0. The topological polar surface area (TPSA) is 52.7 Å². The molecular formula is C13H15Br2N3O2. The molecule has 0 radical (unpaired) electrons. The van der Waals surface area contributed by atoms with Crippen molar-refractivity contribution >= 4 is 49.9 Å². The van der Waals surface area contributed by atoms with Crippen LogP contribution in [0.1, 0.15) is 0 Å². The van der Waals surface area contributed by atoms with Crippen LogP contribution in [0, 0.1) is 0 Å². The lowest BCUT2D eigenvalue weighted by Crippen LogP contribution is -2.48. The Kier molecular flexibility index (Phi) is 5.56. The van der Waals surface area contributed by atoms with Crippen LogP contribution >= 0.6 is 31.9 Å². The van der Waals surface area contributed by atoms with Gasteiger partial charge in [0.05, 0.1) is 12.2 Å². The average Bonchev–Trinajstić information content (AvgIpc) is 2.43.